The van der Waals surface area contributed by atoms with Crippen LogP contribution in [0.15, 0.2) is 24.3 Å². The molecule has 2 rings (SSSR count). The van der Waals surface area contributed by atoms with E-state index in [2.05, 4.69) is 20.9 Å². The molecule has 0 amide bonds. The first-order valence-electron chi connectivity index (χ1n) is 6.89. The molecule has 126 valence electrons. The smallest absolute Gasteiger partial charge is 0.365 e. The van der Waals surface area contributed by atoms with Crippen LogP contribution in [0.4, 0.5) is 14.5 Å². The van der Waals surface area contributed by atoms with Gasteiger partial charge in [0.25, 0.3) is 0 Å². The van der Waals surface area contributed by atoms with E-state index in [0.717, 1.165) is 0 Å². The number of alkyl halides is 3. The van der Waals surface area contributed by atoms with Gasteiger partial charge in [0.05, 0.1) is 24.4 Å². The van der Waals surface area contributed by atoms with Crippen molar-refractivity contribution >= 4 is 45.4 Å². The van der Waals surface area contributed by atoms with Crippen molar-refractivity contribution in [2.75, 3.05) is 18.9 Å². The van der Waals surface area contributed by atoms with E-state index in [1.807, 2.05) is 0 Å². The molecule has 1 heterocycles. The Labute approximate surface area is 140 Å². The minimum atomic E-state index is -4.05. The molecule has 1 aromatic carbocycles. The Morgan fingerprint density at radius 3 is 2.35 bits per heavy atom. The summed E-state index contributed by atoms with van der Waals surface area (Å²) in [7, 11) is -4.05. The highest BCUT2D eigenvalue weighted by atomic mass is 79.9. The van der Waals surface area contributed by atoms with Gasteiger partial charge < -0.3 is 14.8 Å². The Balaban J connectivity index is 2.88. The maximum Gasteiger partial charge on any atom is 0.365 e. The number of nitrogens with zero attached hydrogens (tertiary/aromatic N) is 1. The van der Waals surface area contributed by atoms with Crippen LogP contribution in [-0.4, -0.2) is 18.2 Å². The minimum Gasteiger partial charge on any atom is -0.397 e. The van der Waals surface area contributed by atoms with Crippen molar-refractivity contribution < 1.29 is 22.4 Å². The van der Waals surface area contributed by atoms with E-state index in [1.54, 1.807) is 38.1 Å². The van der Waals surface area contributed by atoms with Crippen LogP contribution in [0.3, 0.4) is 0 Å². The van der Waals surface area contributed by atoms with Gasteiger partial charge in [-0.05, 0) is 35.8 Å². The fourth-order valence-corrected chi connectivity index (χ4v) is 4.53. The molecule has 1 aromatic heterocycles. The van der Waals surface area contributed by atoms with Crippen molar-refractivity contribution in [3.63, 3.8) is 0 Å². The van der Waals surface area contributed by atoms with Gasteiger partial charge in [-0.15, -0.1) is 0 Å². The van der Waals surface area contributed by atoms with Gasteiger partial charge in [0.2, 0.25) is 0 Å². The summed E-state index contributed by atoms with van der Waals surface area (Å²) < 4.78 is 51.4. The number of nitrogens with two attached hydrogens (primary N) is 1. The third-order valence-corrected chi connectivity index (χ3v) is 5.62. The van der Waals surface area contributed by atoms with E-state index in [0.29, 0.717) is 5.39 Å². The molecule has 0 aliphatic rings. The Hall–Kier alpha value is -1.08. The maximum atomic E-state index is 14.0. The highest BCUT2D eigenvalue weighted by molar-refractivity contribution is 9.09. The lowest BCUT2D eigenvalue weighted by Crippen LogP contribution is -2.26. The van der Waals surface area contributed by atoms with Crippen LogP contribution in [-0.2, 0) is 18.4 Å². The van der Waals surface area contributed by atoms with Gasteiger partial charge in [-0.3, -0.25) is 4.57 Å². The average molecular weight is 409 g/mol. The number of hydrogen-bond donors (Lipinski definition) is 1. The van der Waals surface area contributed by atoms with Gasteiger partial charge >= 0.3 is 12.4 Å². The molecule has 0 fully saturated rings. The van der Waals surface area contributed by atoms with Crippen LogP contribution in [0.25, 0.3) is 10.9 Å². The Morgan fingerprint density at radius 2 is 1.83 bits per heavy atom. The monoisotopic (exact) mass is 408 g/mol. The Bertz CT molecular complexity index is 758. The van der Waals surface area contributed by atoms with E-state index in [4.69, 9.17) is 14.8 Å². The second-order valence-electron chi connectivity index (χ2n) is 4.57. The molecule has 0 spiro atoms. The highest BCUT2D eigenvalue weighted by Crippen LogP contribution is 2.52. The molecule has 0 saturated carbocycles. The minimum absolute atomic E-state index is 0.0108. The molecular weight excluding hydrogens is 393 g/mol. The van der Waals surface area contributed by atoms with Crippen molar-refractivity contribution in [2.45, 2.75) is 18.7 Å². The predicted octanol–water partition coefficient (Wildman–Crippen LogP) is 4.15. The standard InChI is InChI=1S/C14H16BrF2N2O3P/c1-3-21-23(20,22-4-2)12-11(18)9-7-5-6-8-10(9)19-13(12)14(15,16)17/h5-8H,3-4H2,1-2H3,(H2,18,19). The fourth-order valence-electron chi connectivity index (χ4n) is 2.21. The maximum absolute atomic E-state index is 14.0. The number of fused-ring (bicyclic) bond motifs is 1. The van der Waals surface area contributed by atoms with Crippen LogP contribution < -0.4 is 11.0 Å². The second-order valence-corrected chi connectivity index (χ2v) is 7.53. The van der Waals surface area contributed by atoms with Crippen molar-refractivity contribution in [3.8, 4) is 0 Å². The number of benzene rings is 1. The molecule has 0 aliphatic heterocycles. The molecule has 0 radical (unpaired) electrons. The molecule has 23 heavy (non-hydrogen) atoms. The van der Waals surface area contributed by atoms with Gasteiger partial charge in [-0.2, -0.15) is 8.78 Å². The summed E-state index contributed by atoms with van der Waals surface area (Å²) in [6, 6.07) is 6.49. The summed E-state index contributed by atoms with van der Waals surface area (Å²) in [5.41, 5.74) is 5.45. The zero-order valence-electron chi connectivity index (χ0n) is 12.6. The first-order valence-corrected chi connectivity index (χ1v) is 9.23. The quantitative estimate of drug-likeness (QED) is 0.573. The van der Waals surface area contributed by atoms with E-state index < -0.39 is 23.4 Å². The van der Waals surface area contributed by atoms with E-state index >= 15 is 0 Å². The van der Waals surface area contributed by atoms with Crippen molar-refractivity contribution in [1.29, 1.82) is 0 Å². The molecule has 0 atom stereocenters. The number of hydrogen-bond acceptors (Lipinski definition) is 5. The fraction of sp³-hybridized carbons (Fsp3) is 0.357. The highest BCUT2D eigenvalue weighted by Gasteiger charge is 2.43. The number of para-hydroxylation sites is 1. The molecule has 5 nitrogen and oxygen atoms in total. The van der Waals surface area contributed by atoms with Crippen LogP contribution in [0, 0.1) is 0 Å². The summed E-state index contributed by atoms with van der Waals surface area (Å²) >= 11 is 2.27. The third kappa shape index (κ3) is 3.55. The molecule has 2 aromatic rings. The number of pyridine rings is 1. The SMILES string of the molecule is CCOP(=O)(OCC)c1c(C(F)(F)Br)nc2ccccc2c1N. The van der Waals surface area contributed by atoms with Crippen molar-refractivity contribution in [1.82, 2.24) is 4.98 Å². The Kier molecular flexibility index (Phi) is 5.41. The number of aromatic nitrogens is 1. The van der Waals surface area contributed by atoms with Crippen molar-refractivity contribution in [3.05, 3.63) is 30.0 Å². The molecule has 0 bridgehead atoms. The number of nitrogen functional groups attached to an aromatic ring is 1. The summed E-state index contributed by atoms with van der Waals surface area (Å²) in [5.74, 6) is 0. The number of rotatable bonds is 6. The van der Waals surface area contributed by atoms with Crippen LogP contribution >= 0.6 is 23.5 Å². The predicted molar refractivity (Wildman–Crippen MR) is 89.5 cm³/mol. The molecule has 9 heteroatoms. The number of halogens is 3. The lowest BCUT2D eigenvalue weighted by atomic mass is 10.1. The topological polar surface area (TPSA) is 74.4 Å². The van der Waals surface area contributed by atoms with Crippen LogP contribution in [0.1, 0.15) is 19.5 Å². The molecule has 0 unspecified atom stereocenters. The van der Waals surface area contributed by atoms with Crippen LogP contribution in [0.2, 0.25) is 0 Å². The molecule has 0 aliphatic carbocycles. The van der Waals surface area contributed by atoms with Gasteiger partial charge in [0.15, 0.2) is 0 Å². The van der Waals surface area contributed by atoms with E-state index in [1.165, 1.54) is 0 Å². The second kappa shape index (κ2) is 6.81. The largest absolute Gasteiger partial charge is 0.397 e. The zero-order valence-corrected chi connectivity index (χ0v) is 15.0. The van der Waals surface area contributed by atoms with Gasteiger partial charge in [0.1, 0.15) is 11.0 Å². The van der Waals surface area contributed by atoms with E-state index in [-0.39, 0.29) is 24.4 Å². The molecular formula is C14H16BrF2N2O3P. The lowest BCUT2D eigenvalue weighted by Gasteiger charge is -2.23. The number of anilines is 1. The molecule has 2 N–H and O–H groups in total. The van der Waals surface area contributed by atoms with Crippen LogP contribution in [0.5, 0.6) is 0 Å². The van der Waals surface area contributed by atoms with Gasteiger partial charge in [-0.1, -0.05) is 18.2 Å². The van der Waals surface area contributed by atoms with E-state index in [9.17, 15) is 13.3 Å². The lowest BCUT2D eigenvalue weighted by molar-refractivity contribution is 0.110. The van der Waals surface area contributed by atoms with Gasteiger partial charge in [0, 0.05) is 5.39 Å². The third-order valence-electron chi connectivity index (χ3n) is 3.05. The first kappa shape index (κ1) is 18.3. The normalized spacial score (nSPS) is 12.7. The Morgan fingerprint density at radius 1 is 1.26 bits per heavy atom. The summed E-state index contributed by atoms with van der Waals surface area (Å²) in [5, 5.41) is 0.00408. The summed E-state index contributed by atoms with van der Waals surface area (Å²) in [6.07, 6.45) is 0. The van der Waals surface area contributed by atoms with Crippen molar-refractivity contribution in [2.24, 2.45) is 0 Å². The first-order chi connectivity index (χ1) is 10.7. The zero-order chi connectivity index (χ0) is 17.3. The average Bonchev–Trinajstić information content (AvgIpc) is 2.46. The summed E-state index contributed by atoms with van der Waals surface area (Å²) in [4.78, 5) is 0.391. The van der Waals surface area contributed by atoms with Gasteiger partial charge in [-0.25, -0.2) is 4.98 Å². The summed E-state index contributed by atoms with van der Waals surface area (Å²) in [6.45, 7) is 3.19. The molecule has 0 saturated heterocycles.